The number of thiophene rings is 1. The summed E-state index contributed by atoms with van der Waals surface area (Å²) in [4.78, 5) is 33.0. The number of carbonyl (C=O) groups is 1. The largest absolute Gasteiger partial charge is 0.302 e. The summed E-state index contributed by atoms with van der Waals surface area (Å²) in [5.74, 6) is -0.401. The Kier molecular flexibility index (Phi) is 8.35. The number of piperidine rings is 1. The Labute approximate surface area is 218 Å². The van der Waals surface area contributed by atoms with E-state index in [0.717, 1.165) is 13.1 Å². The number of benzene rings is 1. The van der Waals surface area contributed by atoms with Gasteiger partial charge in [0.25, 0.3) is 15.7 Å². The SMILES string of the molecule is CCN(CC)CCN(C(=O)C1CCN(S(=O)(=O)c2cccs2)CC1)c1nc2ccc([N+](=O)[O-])cc2s1. The summed E-state index contributed by atoms with van der Waals surface area (Å²) in [6.45, 7) is 7.51. The number of aromatic nitrogens is 1. The molecule has 3 aromatic rings. The van der Waals surface area contributed by atoms with E-state index in [2.05, 4.69) is 23.7 Å². The van der Waals surface area contributed by atoms with Gasteiger partial charge in [0.1, 0.15) is 4.21 Å². The number of nitro benzene ring substituents is 1. The molecule has 0 saturated carbocycles. The number of nitrogens with zero attached hydrogens (tertiary/aromatic N) is 5. The van der Waals surface area contributed by atoms with Crippen LogP contribution in [0, 0.1) is 16.0 Å². The van der Waals surface area contributed by atoms with E-state index in [9.17, 15) is 23.3 Å². The second-order valence-electron chi connectivity index (χ2n) is 8.53. The van der Waals surface area contributed by atoms with Crippen molar-refractivity contribution in [3.8, 4) is 0 Å². The molecule has 0 spiro atoms. The summed E-state index contributed by atoms with van der Waals surface area (Å²) in [6.07, 6.45) is 0.864. The fourth-order valence-corrected chi connectivity index (χ4v) is 7.96. The monoisotopic (exact) mass is 551 g/mol. The van der Waals surface area contributed by atoms with Crippen LogP contribution in [0.4, 0.5) is 10.8 Å². The molecular formula is C23H29N5O5S3. The van der Waals surface area contributed by atoms with Crippen molar-refractivity contribution in [3.05, 3.63) is 45.8 Å². The third-order valence-electron chi connectivity index (χ3n) is 6.50. The predicted octanol–water partition coefficient (Wildman–Crippen LogP) is 4.04. The number of thiazole rings is 1. The van der Waals surface area contributed by atoms with E-state index in [1.54, 1.807) is 28.5 Å². The molecule has 4 rings (SSSR count). The smallest absolute Gasteiger partial charge is 0.270 e. The Morgan fingerprint density at radius 2 is 1.92 bits per heavy atom. The minimum Gasteiger partial charge on any atom is -0.302 e. The predicted molar refractivity (Wildman–Crippen MR) is 142 cm³/mol. The van der Waals surface area contributed by atoms with E-state index in [0.29, 0.717) is 45.5 Å². The first-order valence-corrected chi connectivity index (χ1v) is 15.0. The molecule has 1 fully saturated rings. The second-order valence-corrected chi connectivity index (χ2v) is 12.7. The maximum Gasteiger partial charge on any atom is 0.270 e. The van der Waals surface area contributed by atoms with Gasteiger partial charge in [-0.25, -0.2) is 13.4 Å². The van der Waals surface area contributed by atoms with E-state index < -0.39 is 14.9 Å². The van der Waals surface area contributed by atoms with Gasteiger partial charge in [0, 0.05) is 44.2 Å². The van der Waals surface area contributed by atoms with Gasteiger partial charge in [-0.1, -0.05) is 31.3 Å². The molecule has 0 bridgehead atoms. The number of rotatable bonds is 10. The molecular weight excluding hydrogens is 522 g/mol. The molecule has 1 aliphatic rings. The van der Waals surface area contributed by atoms with Crippen LogP contribution in [0.5, 0.6) is 0 Å². The van der Waals surface area contributed by atoms with Crippen LogP contribution in [0.15, 0.2) is 39.9 Å². The fraction of sp³-hybridized carbons (Fsp3) is 0.478. The van der Waals surface area contributed by atoms with Crippen molar-refractivity contribution >= 4 is 59.6 Å². The van der Waals surface area contributed by atoms with Gasteiger partial charge in [0.05, 0.1) is 15.1 Å². The summed E-state index contributed by atoms with van der Waals surface area (Å²) in [5.41, 5.74) is 0.594. The van der Waals surface area contributed by atoms with Crippen LogP contribution in [-0.4, -0.2) is 72.7 Å². The average Bonchev–Trinajstić information content (AvgIpc) is 3.57. The molecule has 3 heterocycles. The number of anilines is 1. The number of hydrogen-bond acceptors (Lipinski definition) is 9. The molecule has 0 radical (unpaired) electrons. The van der Waals surface area contributed by atoms with Crippen molar-refractivity contribution in [3.63, 3.8) is 0 Å². The Morgan fingerprint density at radius 1 is 1.19 bits per heavy atom. The first kappa shape index (κ1) is 26.6. The molecule has 36 heavy (non-hydrogen) atoms. The molecule has 0 atom stereocenters. The van der Waals surface area contributed by atoms with Crippen LogP contribution in [0.25, 0.3) is 10.2 Å². The third kappa shape index (κ3) is 5.59. The highest BCUT2D eigenvalue weighted by Gasteiger charge is 2.35. The van der Waals surface area contributed by atoms with Crippen LogP contribution in [-0.2, 0) is 14.8 Å². The van der Waals surface area contributed by atoms with Crippen LogP contribution in [0.2, 0.25) is 0 Å². The molecule has 194 valence electrons. The van der Waals surface area contributed by atoms with E-state index in [1.165, 1.54) is 39.1 Å². The van der Waals surface area contributed by atoms with Gasteiger partial charge in [0.15, 0.2) is 5.13 Å². The lowest BCUT2D eigenvalue weighted by molar-refractivity contribution is -0.384. The van der Waals surface area contributed by atoms with E-state index >= 15 is 0 Å². The summed E-state index contributed by atoms with van der Waals surface area (Å²) >= 11 is 2.46. The Balaban J connectivity index is 1.54. The molecule has 0 unspecified atom stereocenters. The summed E-state index contributed by atoms with van der Waals surface area (Å²) in [7, 11) is -3.54. The van der Waals surface area contributed by atoms with E-state index in [4.69, 9.17) is 0 Å². The summed E-state index contributed by atoms with van der Waals surface area (Å²) < 4.78 is 28.2. The lowest BCUT2D eigenvalue weighted by Gasteiger charge is -2.33. The van der Waals surface area contributed by atoms with Crippen molar-refractivity contribution in [2.45, 2.75) is 30.9 Å². The second kappa shape index (κ2) is 11.3. The van der Waals surface area contributed by atoms with Crippen molar-refractivity contribution in [1.29, 1.82) is 0 Å². The van der Waals surface area contributed by atoms with Crippen LogP contribution < -0.4 is 4.90 Å². The molecule has 0 N–H and O–H groups in total. The first-order chi connectivity index (χ1) is 17.2. The van der Waals surface area contributed by atoms with Gasteiger partial charge < -0.3 is 4.90 Å². The molecule has 0 aliphatic carbocycles. The third-order valence-corrected chi connectivity index (χ3v) is 10.8. The van der Waals surface area contributed by atoms with Crippen LogP contribution in [0.3, 0.4) is 0 Å². The highest BCUT2D eigenvalue weighted by Crippen LogP contribution is 2.34. The zero-order valence-electron chi connectivity index (χ0n) is 20.2. The Bertz CT molecular complexity index is 1310. The van der Waals surface area contributed by atoms with Gasteiger partial charge in [-0.3, -0.25) is 19.8 Å². The zero-order valence-corrected chi connectivity index (χ0v) is 22.6. The van der Waals surface area contributed by atoms with Gasteiger partial charge in [-0.2, -0.15) is 4.31 Å². The number of non-ortho nitro benzene ring substituents is 1. The number of likely N-dealkylation sites (N-methyl/N-ethyl adjacent to an activating group) is 1. The maximum absolute atomic E-state index is 13.7. The van der Waals surface area contributed by atoms with Crippen molar-refractivity contribution < 1.29 is 18.1 Å². The lowest BCUT2D eigenvalue weighted by atomic mass is 9.96. The molecule has 2 aromatic heterocycles. The van der Waals surface area contributed by atoms with Crippen LogP contribution in [0.1, 0.15) is 26.7 Å². The molecule has 13 heteroatoms. The van der Waals surface area contributed by atoms with Crippen LogP contribution >= 0.6 is 22.7 Å². The summed E-state index contributed by atoms with van der Waals surface area (Å²) in [6, 6.07) is 7.82. The standard InChI is InChI=1S/C23H29N5O5S3/c1-3-25(4-2)13-14-27(23-24-19-8-7-18(28(30)31)16-20(19)35-23)22(29)17-9-11-26(12-10-17)36(32,33)21-6-5-15-34-21/h5-8,15-17H,3-4,9-14H2,1-2H3. The normalized spacial score (nSPS) is 15.5. The number of sulfonamides is 1. The Morgan fingerprint density at radius 3 is 2.53 bits per heavy atom. The average molecular weight is 552 g/mol. The quantitative estimate of drug-likeness (QED) is 0.276. The minimum atomic E-state index is -3.54. The van der Waals surface area contributed by atoms with E-state index in [-0.39, 0.29) is 30.6 Å². The number of carbonyl (C=O) groups excluding carboxylic acids is 1. The number of amides is 1. The van der Waals surface area contributed by atoms with Crippen molar-refractivity contribution in [2.75, 3.05) is 44.2 Å². The fourth-order valence-electron chi connectivity index (χ4n) is 4.31. The zero-order chi connectivity index (χ0) is 25.9. The summed E-state index contributed by atoms with van der Waals surface area (Å²) in [5, 5.41) is 13.4. The molecule has 1 aromatic carbocycles. The van der Waals surface area contributed by atoms with Gasteiger partial charge in [-0.05, 0) is 43.4 Å². The molecule has 1 saturated heterocycles. The lowest BCUT2D eigenvalue weighted by Crippen LogP contribution is -2.46. The molecule has 1 aliphatic heterocycles. The van der Waals surface area contributed by atoms with Gasteiger partial charge >= 0.3 is 0 Å². The minimum absolute atomic E-state index is 0.0157. The number of hydrogen-bond donors (Lipinski definition) is 0. The highest BCUT2D eigenvalue weighted by atomic mass is 32.2. The molecule has 1 amide bonds. The van der Waals surface area contributed by atoms with Crippen molar-refractivity contribution in [2.24, 2.45) is 5.92 Å². The topological polar surface area (TPSA) is 117 Å². The first-order valence-electron chi connectivity index (χ1n) is 11.9. The van der Waals surface area contributed by atoms with E-state index in [1.807, 2.05) is 0 Å². The highest BCUT2D eigenvalue weighted by molar-refractivity contribution is 7.91. The number of fused-ring (bicyclic) bond motifs is 1. The molecule has 10 nitrogen and oxygen atoms in total. The van der Waals surface area contributed by atoms with Gasteiger partial charge in [0.2, 0.25) is 5.91 Å². The van der Waals surface area contributed by atoms with Crippen molar-refractivity contribution in [1.82, 2.24) is 14.2 Å². The maximum atomic E-state index is 13.7. The Hall–Kier alpha value is -2.45. The number of nitro groups is 1. The van der Waals surface area contributed by atoms with Gasteiger partial charge in [-0.15, -0.1) is 11.3 Å².